The van der Waals surface area contributed by atoms with Crippen molar-refractivity contribution in [1.29, 1.82) is 0 Å². The maximum absolute atomic E-state index is 13.3. The van der Waals surface area contributed by atoms with Crippen LogP contribution in [0, 0.1) is 0 Å². The Morgan fingerprint density at radius 3 is 2.66 bits per heavy atom. The quantitative estimate of drug-likeness (QED) is 0.629. The van der Waals surface area contributed by atoms with Crippen LogP contribution < -0.4 is 11.2 Å². The predicted octanol–water partition coefficient (Wildman–Crippen LogP) is 1.59. The van der Waals surface area contributed by atoms with Gasteiger partial charge in [-0.3, -0.25) is 14.2 Å². The number of esters is 1. The number of thiophene rings is 1. The van der Waals surface area contributed by atoms with E-state index in [0.29, 0.717) is 29.8 Å². The van der Waals surface area contributed by atoms with Gasteiger partial charge in [-0.2, -0.15) is 0 Å². The van der Waals surface area contributed by atoms with Crippen molar-refractivity contribution in [3.8, 4) is 0 Å². The summed E-state index contributed by atoms with van der Waals surface area (Å²) in [5, 5.41) is 0.537. The number of hydrogen-bond donors (Lipinski definition) is 0. The Morgan fingerprint density at radius 1 is 1.28 bits per heavy atom. The van der Waals surface area contributed by atoms with Gasteiger partial charge in [-0.25, -0.2) is 9.36 Å². The van der Waals surface area contributed by atoms with Crippen molar-refractivity contribution < 1.29 is 14.3 Å². The summed E-state index contributed by atoms with van der Waals surface area (Å²) in [5.74, 6) is -0.585. The fraction of sp³-hybridized carbons (Fsp3) is 0.650. The zero-order chi connectivity index (χ0) is 21.3. The highest BCUT2D eigenvalue weighted by molar-refractivity contribution is 7.18. The summed E-state index contributed by atoms with van der Waals surface area (Å²) in [7, 11) is 3.95. The normalized spacial score (nSPS) is 15.7. The van der Waals surface area contributed by atoms with Gasteiger partial charge >= 0.3 is 11.7 Å². The molecule has 3 rings (SSSR count). The molecule has 3 heterocycles. The van der Waals surface area contributed by atoms with E-state index in [0.717, 1.165) is 28.0 Å². The molecule has 29 heavy (non-hydrogen) atoms. The van der Waals surface area contributed by atoms with Gasteiger partial charge in [0.2, 0.25) is 0 Å². The highest BCUT2D eigenvalue weighted by atomic mass is 32.1. The van der Waals surface area contributed by atoms with E-state index >= 15 is 0 Å². The molecule has 0 unspecified atom stereocenters. The molecule has 1 aliphatic rings. The van der Waals surface area contributed by atoms with Crippen LogP contribution in [-0.4, -0.2) is 52.9 Å². The lowest BCUT2D eigenvalue weighted by molar-refractivity contribution is -0.143. The van der Waals surface area contributed by atoms with Crippen LogP contribution in [0.2, 0.25) is 0 Å². The van der Waals surface area contributed by atoms with Crippen LogP contribution in [0.5, 0.6) is 0 Å². The monoisotopic (exact) mass is 423 g/mol. The van der Waals surface area contributed by atoms with Crippen LogP contribution in [0.15, 0.2) is 9.59 Å². The molecule has 0 bridgehead atoms. The molecule has 0 aromatic carbocycles. The average Bonchev–Trinajstić information content (AvgIpc) is 2.98. The third-order valence-electron chi connectivity index (χ3n) is 5.01. The second-order valence-electron chi connectivity index (χ2n) is 8.20. The zero-order valence-corrected chi connectivity index (χ0v) is 18.6. The van der Waals surface area contributed by atoms with Crippen molar-refractivity contribution in [3.63, 3.8) is 0 Å². The van der Waals surface area contributed by atoms with E-state index in [2.05, 4.69) is 0 Å². The first kappa shape index (κ1) is 21.7. The molecular weight excluding hydrogens is 394 g/mol. The molecule has 0 spiro atoms. The van der Waals surface area contributed by atoms with Gasteiger partial charge in [0.05, 0.1) is 24.2 Å². The smallest absolute Gasteiger partial charge is 0.332 e. The molecule has 8 nitrogen and oxygen atoms in total. The van der Waals surface area contributed by atoms with Gasteiger partial charge in [0.25, 0.3) is 5.56 Å². The van der Waals surface area contributed by atoms with E-state index < -0.39 is 17.2 Å². The predicted molar refractivity (Wildman–Crippen MR) is 113 cm³/mol. The number of nitrogens with zero attached hydrogens (tertiary/aromatic N) is 3. The highest BCUT2D eigenvalue weighted by Crippen LogP contribution is 2.37. The van der Waals surface area contributed by atoms with Crippen molar-refractivity contribution >= 4 is 27.5 Å². The Balaban J connectivity index is 2.18. The Morgan fingerprint density at radius 2 is 2.00 bits per heavy atom. The number of carbonyl (C=O) groups excluding carboxylic acids is 1. The van der Waals surface area contributed by atoms with Crippen LogP contribution >= 0.6 is 11.3 Å². The van der Waals surface area contributed by atoms with Gasteiger partial charge in [-0.1, -0.05) is 0 Å². The summed E-state index contributed by atoms with van der Waals surface area (Å²) in [4.78, 5) is 42.1. The summed E-state index contributed by atoms with van der Waals surface area (Å²) in [6.07, 6.45) is 1.34. The number of aromatic nitrogens is 2. The molecule has 2 aromatic heterocycles. The van der Waals surface area contributed by atoms with Crippen LogP contribution in [0.4, 0.5) is 0 Å². The molecule has 0 amide bonds. The van der Waals surface area contributed by atoms with Crippen molar-refractivity contribution in [2.45, 2.75) is 58.9 Å². The molecular formula is C20H29N3O5S. The Labute approximate surface area is 173 Å². The molecule has 0 aliphatic carbocycles. The van der Waals surface area contributed by atoms with Crippen LogP contribution in [0.25, 0.3) is 10.2 Å². The third kappa shape index (κ3) is 4.46. The van der Waals surface area contributed by atoms with Crippen molar-refractivity contribution in [3.05, 3.63) is 31.3 Å². The topological polar surface area (TPSA) is 82.8 Å². The van der Waals surface area contributed by atoms with E-state index in [-0.39, 0.29) is 18.8 Å². The van der Waals surface area contributed by atoms with E-state index in [9.17, 15) is 14.4 Å². The summed E-state index contributed by atoms with van der Waals surface area (Å²) in [6, 6.07) is 0. The first-order valence-electron chi connectivity index (χ1n) is 9.87. The van der Waals surface area contributed by atoms with Gasteiger partial charge in [0, 0.05) is 17.8 Å². The Kier molecular flexibility index (Phi) is 6.30. The summed E-state index contributed by atoms with van der Waals surface area (Å²) in [6.45, 7) is 7.21. The third-order valence-corrected chi connectivity index (χ3v) is 6.24. The van der Waals surface area contributed by atoms with Gasteiger partial charge in [-0.05, 0) is 53.4 Å². The van der Waals surface area contributed by atoms with Crippen LogP contribution in [0.1, 0.15) is 37.6 Å². The van der Waals surface area contributed by atoms with Crippen molar-refractivity contribution in [2.24, 2.45) is 0 Å². The number of hydrogen-bond acceptors (Lipinski definition) is 7. The number of aryl methyl sites for hydroxylation is 1. The SMILES string of the molecule is CCOC(=O)Cn1c(=O)c2c3c(sc2n(CCCN(C)C)c1=O)COC(C)(C)C3. The fourth-order valence-corrected chi connectivity index (χ4v) is 4.86. The lowest BCUT2D eigenvalue weighted by Crippen LogP contribution is -2.42. The molecule has 0 radical (unpaired) electrons. The summed E-state index contributed by atoms with van der Waals surface area (Å²) in [5.41, 5.74) is -0.332. The van der Waals surface area contributed by atoms with Crippen LogP contribution in [0.3, 0.4) is 0 Å². The standard InChI is InChI=1S/C20H29N3O5S/c1-6-27-15(24)11-23-17(25)16-13-10-20(2,3)28-12-14(13)29-18(16)22(19(23)26)9-7-8-21(4)5/h6-12H2,1-5H3. The Hall–Kier alpha value is -1.97. The second-order valence-corrected chi connectivity index (χ2v) is 9.28. The molecule has 9 heteroatoms. The van der Waals surface area contributed by atoms with E-state index in [4.69, 9.17) is 9.47 Å². The Bertz CT molecular complexity index is 1030. The lowest BCUT2D eigenvalue weighted by atomic mass is 9.94. The molecule has 0 atom stereocenters. The van der Waals surface area contributed by atoms with E-state index in [1.54, 1.807) is 11.5 Å². The number of carbonyl (C=O) groups is 1. The minimum absolute atomic E-state index is 0.201. The minimum Gasteiger partial charge on any atom is -0.465 e. The molecule has 0 N–H and O–H groups in total. The first-order valence-corrected chi connectivity index (χ1v) is 10.7. The lowest BCUT2D eigenvalue weighted by Gasteiger charge is -2.29. The summed E-state index contributed by atoms with van der Waals surface area (Å²) >= 11 is 1.45. The zero-order valence-electron chi connectivity index (χ0n) is 17.7. The maximum Gasteiger partial charge on any atom is 0.332 e. The van der Waals surface area contributed by atoms with Crippen molar-refractivity contribution in [1.82, 2.24) is 14.0 Å². The van der Waals surface area contributed by atoms with Gasteiger partial charge in [0.15, 0.2) is 0 Å². The molecule has 0 saturated heterocycles. The van der Waals surface area contributed by atoms with Gasteiger partial charge < -0.3 is 14.4 Å². The number of ether oxygens (including phenoxy) is 2. The fourth-order valence-electron chi connectivity index (χ4n) is 3.62. The van der Waals surface area contributed by atoms with Crippen LogP contribution in [-0.2, 0) is 40.4 Å². The molecule has 0 saturated carbocycles. The number of fused-ring (bicyclic) bond motifs is 3. The van der Waals surface area contributed by atoms with E-state index in [1.165, 1.54) is 11.3 Å². The molecule has 2 aromatic rings. The van der Waals surface area contributed by atoms with E-state index in [1.807, 2.05) is 32.8 Å². The number of rotatable bonds is 7. The van der Waals surface area contributed by atoms with Gasteiger partial charge in [-0.15, -0.1) is 11.3 Å². The van der Waals surface area contributed by atoms with Crippen molar-refractivity contribution in [2.75, 3.05) is 27.2 Å². The highest BCUT2D eigenvalue weighted by Gasteiger charge is 2.32. The largest absolute Gasteiger partial charge is 0.465 e. The molecule has 0 fully saturated rings. The molecule has 160 valence electrons. The maximum atomic E-state index is 13.3. The molecule has 1 aliphatic heterocycles. The average molecular weight is 424 g/mol. The first-order chi connectivity index (χ1) is 13.6. The minimum atomic E-state index is -0.585. The second kappa shape index (κ2) is 8.41. The summed E-state index contributed by atoms with van der Waals surface area (Å²) < 4.78 is 13.5. The van der Waals surface area contributed by atoms with Gasteiger partial charge in [0.1, 0.15) is 11.4 Å².